The number of methoxy groups -OCH3 is 1. The maximum Gasteiger partial charge on any atom is 0.341 e. The first-order chi connectivity index (χ1) is 12.7. The summed E-state index contributed by atoms with van der Waals surface area (Å²) in [5, 5.41) is 11.4. The van der Waals surface area contributed by atoms with Gasteiger partial charge in [0, 0.05) is 19.2 Å². The molecule has 0 aliphatic carbocycles. The first-order valence-corrected chi connectivity index (χ1v) is 9.50. The molecule has 1 aliphatic heterocycles. The Hall–Kier alpha value is -2.75. The van der Waals surface area contributed by atoms with Crippen molar-refractivity contribution in [2.45, 2.75) is 23.6 Å². The Morgan fingerprint density at radius 1 is 1.19 bits per heavy atom. The fraction of sp³-hybridized carbons (Fsp3) is 0.294. The molecule has 0 spiro atoms. The molecule has 2 aromatic rings. The Morgan fingerprint density at radius 2 is 1.93 bits per heavy atom. The van der Waals surface area contributed by atoms with Crippen LogP contribution < -0.4 is 9.64 Å². The summed E-state index contributed by atoms with van der Waals surface area (Å²) in [7, 11) is -3.37. The van der Waals surface area contributed by atoms with Gasteiger partial charge in [0.25, 0.3) is 5.69 Å². The highest BCUT2D eigenvalue weighted by Crippen LogP contribution is 2.35. The van der Waals surface area contributed by atoms with E-state index in [2.05, 4.69) is 0 Å². The van der Waals surface area contributed by atoms with Gasteiger partial charge in [-0.25, -0.2) is 8.42 Å². The summed E-state index contributed by atoms with van der Waals surface area (Å²) >= 11 is 0. The van der Waals surface area contributed by atoms with Crippen LogP contribution in [0.3, 0.4) is 0 Å². The lowest BCUT2D eigenvalue weighted by Gasteiger charge is -2.30. The van der Waals surface area contributed by atoms with Crippen LogP contribution in [0.5, 0.6) is 5.75 Å². The molecule has 0 bridgehead atoms. The number of alkyl halides is 2. The molecule has 1 aliphatic rings. The minimum atomic E-state index is -4.91. The van der Waals surface area contributed by atoms with Gasteiger partial charge in [0.2, 0.25) is 9.84 Å². The van der Waals surface area contributed by atoms with Gasteiger partial charge in [0.05, 0.1) is 16.9 Å². The van der Waals surface area contributed by atoms with E-state index in [1.807, 2.05) is 18.2 Å². The molecule has 0 atom stereocenters. The van der Waals surface area contributed by atoms with Crippen molar-refractivity contribution in [2.75, 3.05) is 18.6 Å². The van der Waals surface area contributed by atoms with Crippen molar-refractivity contribution >= 4 is 21.2 Å². The maximum atomic E-state index is 12.7. The minimum absolute atomic E-state index is 0.182. The molecule has 0 aromatic heterocycles. The van der Waals surface area contributed by atoms with E-state index < -0.39 is 31.1 Å². The number of ether oxygens (including phenoxy) is 1. The number of nitro groups is 1. The lowest BCUT2D eigenvalue weighted by Crippen LogP contribution is -2.31. The smallest absolute Gasteiger partial charge is 0.341 e. The normalized spacial score (nSPS) is 14.1. The van der Waals surface area contributed by atoms with Gasteiger partial charge in [-0.05, 0) is 41.8 Å². The quantitative estimate of drug-likeness (QED) is 0.568. The van der Waals surface area contributed by atoms with Crippen molar-refractivity contribution in [1.82, 2.24) is 0 Å². The third-order valence-corrected chi connectivity index (χ3v) is 5.85. The fourth-order valence-electron chi connectivity index (χ4n) is 3.06. The first kappa shape index (κ1) is 19.0. The number of hydrogen-bond acceptors (Lipinski definition) is 6. The van der Waals surface area contributed by atoms with Crippen LogP contribution in [0.1, 0.15) is 11.1 Å². The zero-order valence-electron chi connectivity index (χ0n) is 14.3. The molecule has 0 N–H and O–H groups in total. The number of hydrogen-bond donors (Lipinski definition) is 0. The monoisotopic (exact) mass is 398 g/mol. The Kier molecular flexibility index (Phi) is 5.01. The van der Waals surface area contributed by atoms with Gasteiger partial charge >= 0.3 is 5.76 Å². The van der Waals surface area contributed by atoms with Crippen LogP contribution >= 0.6 is 0 Å². The van der Waals surface area contributed by atoms with Crippen molar-refractivity contribution < 1.29 is 26.9 Å². The van der Waals surface area contributed by atoms with Gasteiger partial charge in [-0.15, -0.1) is 0 Å². The number of anilines is 1. The molecule has 0 saturated carbocycles. The molecule has 27 heavy (non-hydrogen) atoms. The minimum Gasteiger partial charge on any atom is -0.497 e. The van der Waals surface area contributed by atoms with E-state index in [1.165, 1.54) is 13.2 Å². The maximum absolute atomic E-state index is 12.7. The number of fused-ring (bicyclic) bond motifs is 1. The van der Waals surface area contributed by atoms with E-state index in [4.69, 9.17) is 4.74 Å². The molecular weight excluding hydrogens is 382 g/mol. The van der Waals surface area contributed by atoms with Gasteiger partial charge in [-0.1, -0.05) is 6.07 Å². The van der Waals surface area contributed by atoms with Crippen LogP contribution in [-0.4, -0.2) is 32.8 Å². The molecule has 3 rings (SSSR count). The molecule has 7 nitrogen and oxygen atoms in total. The number of sulfone groups is 1. The Labute approximate surface area is 154 Å². The van der Waals surface area contributed by atoms with Crippen molar-refractivity contribution in [1.29, 1.82) is 0 Å². The van der Waals surface area contributed by atoms with Crippen molar-refractivity contribution in [3.8, 4) is 5.75 Å². The van der Waals surface area contributed by atoms with Gasteiger partial charge < -0.3 is 9.64 Å². The van der Waals surface area contributed by atoms with Gasteiger partial charge in [-0.2, -0.15) is 8.78 Å². The molecule has 2 aromatic carbocycles. The zero-order chi connectivity index (χ0) is 19.8. The summed E-state index contributed by atoms with van der Waals surface area (Å²) < 4.78 is 53.9. The molecule has 0 radical (unpaired) electrons. The van der Waals surface area contributed by atoms with E-state index >= 15 is 0 Å². The van der Waals surface area contributed by atoms with Crippen LogP contribution in [0.15, 0.2) is 41.3 Å². The Bertz CT molecular complexity index is 995. The van der Waals surface area contributed by atoms with Crippen LogP contribution in [0, 0.1) is 10.1 Å². The van der Waals surface area contributed by atoms with Gasteiger partial charge in [0.15, 0.2) is 0 Å². The van der Waals surface area contributed by atoms with Crippen LogP contribution in [-0.2, 0) is 22.8 Å². The Balaban J connectivity index is 2.00. The lowest BCUT2D eigenvalue weighted by atomic mass is 9.99. The van der Waals surface area contributed by atoms with Crippen LogP contribution in [0.25, 0.3) is 0 Å². The van der Waals surface area contributed by atoms with Crippen LogP contribution in [0.4, 0.5) is 20.2 Å². The van der Waals surface area contributed by atoms with Gasteiger partial charge in [0.1, 0.15) is 11.4 Å². The summed E-state index contributed by atoms with van der Waals surface area (Å²) in [4.78, 5) is 11.6. The molecule has 0 fully saturated rings. The second-order valence-electron chi connectivity index (χ2n) is 6.02. The highest BCUT2D eigenvalue weighted by Gasteiger charge is 2.31. The molecule has 0 saturated heterocycles. The second-order valence-corrected chi connectivity index (χ2v) is 7.94. The van der Waals surface area contributed by atoms with E-state index in [9.17, 15) is 27.3 Å². The van der Waals surface area contributed by atoms with E-state index in [-0.39, 0.29) is 5.69 Å². The largest absolute Gasteiger partial charge is 0.497 e. The molecular formula is C17H16F2N2O5S. The highest BCUT2D eigenvalue weighted by molar-refractivity contribution is 7.91. The summed E-state index contributed by atoms with van der Waals surface area (Å²) in [6, 6.07) is 8.48. The van der Waals surface area contributed by atoms with Crippen LogP contribution in [0.2, 0.25) is 0 Å². The van der Waals surface area contributed by atoms with Crippen molar-refractivity contribution in [3.05, 3.63) is 57.6 Å². The highest BCUT2D eigenvalue weighted by atomic mass is 32.2. The summed E-state index contributed by atoms with van der Waals surface area (Å²) in [6.45, 7) is 0.829. The number of rotatable bonds is 5. The molecule has 10 heteroatoms. The number of halogens is 2. The average Bonchev–Trinajstić information content (AvgIpc) is 2.66. The SMILES string of the molecule is COc1ccc2c(c1)CN(c1ccc(S(=O)(=O)C(F)F)cc1[N+](=O)[O-])CC2. The number of nitrogens with zero attached hydrogens (tertiary/aromatic N) is 2. The lowest BCUT2D eigenvalue weighted by molar-refractivity contribution is -0.384. The predicted molar refractivity (Wildman–Crippen MR) is 94.0 cm³/mol. The van der Waals surface area contributed by atoms with E-state index in [1.54, 1.807) is 4.90 Å². The summed E-state index contributed by atoms with van der Waals surface area (Å²) in [5.41, 5.74) is 1.68. The standard InChI is InChI=1S/C17H16F2N2O5S/c1-26-13-3-2-11-6-7-20(10-12(11)8-13)15-5-4-14(9-16(15)21(22)23)27(24,25)17(18)19/h2-5,8-9,17H,6-7,10H2,1H3. The molecule has 144 valence electrons. The van der Waals surface area contributed by atoms with Crippen molar-refractivity contribution in [2.24, 2.45) is 0 Å². The third kappa shape index (κ3) is 3.57. The van der Waals surface area contributed by atoms with Crippen molar-refractivity contribution in [3.63, 3.8) is 0 Å². The molecule has 0 unspecified atom stereocenters. The summed E-state index contributed by atoms with van der Waals surface area (Å²) in [6.07, 6.45) is 0.633. The van der Waals surface area contributed by atoms with E-state index in [0.717, 1.165) is 17.2 Å². The number of nitro benzene ring substituents is 1. The molecule has 0 amide bonds. The second kappa shape index (κ2) is 7.10. The fourth-order valence-corrected chi connectivity index (χ4v) is 3.80. The predicted octanol–water partition coefficient (Wildman–Crippen LogP) is 3.16. The third-order valence-electron chi connectivity index (χ3n) is 4.47. The average molecular weight is 398 g/mol. The van der Waals surface area contributed by atoms with E-state index in [0.29, 0.717) is 31.3 Å². The van der Waals surface area contributed by atoms with Gasteiger partial charge in [-0.3, -0.25) is 10.1 Å². The topological polar surface area (TPSA) is 89.8 Å². The molecule has 1 heterocycles. The Morgan fingerprint density at radius 3 is 2.56 bits per heavy atom. The first-order valence-electron chi connectivity index (χ1n) is 7.95. The zero-order valence-corrected chi connectivity index (χ0v) is 15.1. The summed E-state index contributed by atoms with van der Waals surface area (Å²) in [5.74, 6) is -2.99. The number of benzene rings is 2.